The van der Waals surface area contributed by atoms with E-state index in [-0.39, 0.29) is 23.5 Å². The summed E-state index contributed by atoms with van der Waals surface area (Å²) in [6.45, 7) is 3.66. The molecule has 0 aliphatic carbocycles. The number of carbonyl (C=O) groups excluding carboxylic acids is 1. The van der Waals surface area contributed by atoms with Gasteiger partial charge in [0.05, 0.1) is 36.6 Å². The summed E-state index contributed by atoms with van der Waals surface area (Å²) in [5.41, 5.74) is 1.73. The monoisotopic (exact) mass is 530 g/mol. The molecular formula is C29H26N2O6S. The maximum Gasteiger partial charge on any atom is 0.338 e. The Morgan fingerprint density at radius 3 is 2.55 bits per heavy atom. The van der Waals surface area contributed by atoms with Crippen molar-refractivity contribution in [3.63, 3.8) is 0 Å². The molecule has 5 rings (SSSR count). The molecule has 9 heteroatoms. The van der Waals surface area contributed by atoms with Gasteiger partial charge in [-0.05, 0) is 54.5 Å². The zero-order valence-corrected chi connectivity index (χ0v) is 22.2. The van der Waals surface area contributed by atoms with Gasteiger partial charge >= 0.3 is 5.97 Å². The highest BCUT2D eigenvalue weighted by atomic mass is 32.1. The molecule has 1 N–H and O–H groups in total. The molecule has 38 heavy (non-hydrogen) atoms. The first kappa shape index (κ1) is 25.3. The SMILES string of the molecule is CCOC(=O)C1=C(C)N=c2sc(=Cc3ccc(OC)c(O)c3)c(=O)n2C1c1c(OC)ccc2ccccc12. The number of nitrogens with zero attached hydrogens (tertiary/aromatic N) is 2. The van der Waals surface area contributed by atoms with Gasteiger partial charge in [0, 0.05) is 5.56 Å². The van der Waals surface area contributed by atoms with Crippen LogP contribution < -0.4 is 24.4 Å². The minimum Gasteiger partial charge on any atom is -0.504 e. The summed E-state index contributed by atoms with van der Waals surface area (Å²) in [6.07, 6.45) is 1.68. The third-order valence-electron chi connectivity index (χ3n) is 6.44. The first-order valence-corrected chi connectivity index (χ1v) is 12.8. The van der Waals surface area contributed by atoms with Crippen LogP contribution in [0.1, 0.15) is 31.0 Å². The number of benzene rings is 3. The average molecular weight is 531 g/mol. The van der Waals surface area contributed by atoms with E-state index in [2.05, 4.69) is 4.99 Å². The number of fused-ring (bicyclic) bond motifs is 2. The number of phenols is 1. The molecule has 1 aromatic heterocycles. The lowest BCUT2D eigenvalue weighted by Gasteiger charge is -2.27. The molecule has 194 valence electrons. The third-order valence-corrected chi connectivity index (χ3v) is 7.42. The zero-order valence-electron chi connectivity index (χ0n) is 21.3. The third kappa shape index (κ3) is 4.24. The summed E-state index contributed by atoms with van der Waals surface area (Å²) >= 11 is 1.21. The Balaban J connectivity index is 1.82. The summed E-state index contributed by atoms with van der Waals surface area (Å²) in [4.78, 5) is 32.4. The van der Waals surface area contributed by atoms with Crippen molar-refractivity contribution >= 4 is 34.2 Å². The highest BCUT2D eigenvalue weighted by molar-refractivity contribution is 7.07. The van der Waals surface area contributed by atoms with E-state index >= 15 is 0 Å². The quantitative estimate of drug-likeness (QED) is 0.382. The Morgan fingerprint density at radius 1 is 1.11 bits per heavy atom. The molecule has 1 aliphatic rings. The summed E-state index contributed by atoms with van der Waals surface area (Å²) < 4.78 is 18.2. The molecule has 0 fully saturated rings. The number of phenolic OH excluding ortho intramolecular Hbond substituents is 1. The Bertz CT molecular complexity index is 1780. The molecule has 1 unspecified atom stereocenters. The van der Waals surface area contributed by atoms with Crippen molar-refractivity contribution in [3.05, 3.63) is 96.7 Å². The van der Waals surface area contributed by atoms with Crippen molar-refractivity contribution in [2.75, 3.05) is 20.8 Å². The molecule has 0 saturated heterocycles. The number of aromatic hydroxyl groups is 1. The molecule has 0 bridgehead atoms. The number of aromatic nitrogens is 1. The molecule has 0 amide bonds. The van der Waals surface area contributed by atoms with E-state index < -0.39 is 12.0 Å². The predicted octanol–water partition coefficient (Wildman–Crippen LogP) is 3.67. The van der Waals surface area contributed by atoms with E-state index in [1.165, 1.54) is 29.1 Å². The first-order valence-electron chi connectivity index (χ1n) is 12.0. The fraction of sp³-hybridized carbons (Fsp3) is 0.207. The Labute approximate surface area is 222 Å². The smallest absolute Gasteiger partial charge is 0.338 e. The number of carbonyl (C=O) groups is 1. The van der Waals surface area contributed by atoms with Gasteiger partial charge in [0.2, 0.25) is 0 Å². The Kier molecular flexibility index (Phi) is 6.77. The maximum atomic E-state index is 14.0. The van der Waals surface area contributed by atoms with Crippen molar-refractivity contribution in [1.29, 1.82) is 0 Å². The van der Waals surface area contributed by atoms with E-state index in [0.29, 0.717) is 37.7 Å². The molecule has 2 heterocycles. The van der Waals surface area contributed by atoms with Crippen LogP contribution >= 0.6 is 11.3 Å². The van der Waals surface area contributed by atoms with Crippen molar-refractivity contribution in [2.45, 2.75) is 19.9 Å². The lowest BCUT2D eigenvalue weighted by Crippen LogP contribution is -2.40. The number of allylic oxidation sites excluding steroid dienone is 1. The van der Waals surface area contributed by atoms with Crippen LogP contribution in [0.3, 0.4) is 0 Å². The molecule has 1 aliphatic heterocycles. The van der Waals surface area contributed by atoms with Crippen molar-refractivity contribution < 1.29 is 24.1 Å². The van der Waals surface area contributed by atoms with Crippen molar-refractivity contribution in [2.24, 2.45) is 4.99 Å². The summed E-state index contributed by atoms with van der Waals surface area (Å²) in [5, 5.41) is 12.0. The summed E-state index contributed by atoms with van der Waals surface area (Å²) in [6, 6.07) is 15.6. The van der Waals surface area contributed by atoms with Gasteiger partial charge in [0.25, 0.3) is 5.56 Å². The van der Waals surface area contributed by atoms with E-state index in [4.69, 9.17) is 14.2 Å². The Hall–Kier alpha value is -4.37. The predicted molar refractivity (Wildman–Crippen MR) is 146 cm³/mol. The number of hydrogen-bond acceptors (Lipinski definition) is 8. The van der Waals surface area contributed by atoms with Gasteiger partial charge in [-0.3, -0.25) is 9.36 Å². The summed E-state index contributed by atoms with van der Waals surface area (Å²) in [5.74, 6) is 0.303. The topological polar surface area (TPSA) is 99.4 Å². The molecular weight excluding hydrogens is 504 g/mol. The van der Waals surface area contributed by atoms with Crippen LogP contribution in [0.15, 0.2) is 75.7 Å². The van der Waals surface area contributed by atoms with Gasteiger partial charge in [-0.25, -0.2) is 9.79 Å². The van der Waals surface area contributed by atoms with E-state index in [9.17, 15) is 14.7 Å². The van der Waals surface area contributed by atoms with Gasteiger partial charge in [-0.2, -0.15) is 0 Å². The van der Waals surface area contributed by atoms with E-state index in [1.807, 2.05) is 36.4 Å². The van der Waals surface area contributed by atoms with Crippen LogP contribution in [0.25, 0.3) is 16.8 Å². The van der Waals surface area contributed by atoms with Gasteiger partial charge in [0.1, 0.15) is 11.8 Å². The molecule has 0 radical (unpaired) electrons. The molecule has 0 saturated carbocycles. The molecule has 0 spiro atoms. The van der Waals surface area contributed by atoms with Crippen LogP contribution in [0, 0.1) is 0 Å². The molecule has 4 aromatic rings. The average Bonchev–Trinajstić information content (AvgIpc) is 3.21. The number of ether oxygens (including phenoxy) is 3. The fourth-order valence-electron chi connectivity index (χ4n) is 4.75. The lowest BCUT2D eigenvalue weighted by atomic mass is 9.90. The zero-order chi connectivity index (χ0) is 27.0. The fourth-order valence-corrected chi connectivity index (χ4v) is 5.80. The first-order chi connectivity index (χ1) is 18.4. The minimum absolute atomic E-state index is 0.0344. The van der Waals surface area contributed by atoms with Gasteiger partial charge < -0.3 is 19.3 Å². The number of methoxy groups -OCH3 is 2. The number of rotatable bonds is 6. The van der Waals surface area contributed by atoms with Crippen LogP contribution in [-0.4, -0.2) is 36.5 Å². The van der Waals surface area contributed by atoms with E-state index in [1.54, 1.807) is 39.2 Å². The molecule has 1 atom stereocenters. The van der Waals surface area contributed by atoms with Gasteiger partial charge in [0.15, 0.2) is 16.3 Å². The standard InChI is InChI=1S/C29H26N2O6S/c1-5-37-28(34)24-16(2)30-29-31(26(24)25-19-9-7-6-8-18(19)11-13-22(25)36-4)27(33)23(38-29)15-17-10-12-21(35-3)20(32)14-17/h6-15,26,32H,5H2,1-4H3. The number of thiazole rings is 1. The van der Waals surface area contributed by atoms with Crippen LogP contribution in [0.5, 0.6) is 17.2 Å². The minimum atomic E-state index is -0.822. The van der Waals surface area contributed by atoms with Crippen LogP contribution in [0.2, 0.25) is 0 Å². The highest BCUT2D eigenvalue weighted by Crippen LogP contribution is 2.40. The van der Waals surface area contributed by atoms with Crippen LogP contribution in [0.4, 0.5) is 0 Å². The second-order valence-corrected chi connectivity index (χ2v) is 9.65. The second-order valence-electron chi connectivity index (χ2n) is 8.64. The van der Waals surface area contributed by atoms with Crippen LogP contribution in [-0.2, 0) is 9.53 Å². The van der Waals surface area contributed by atoms with Crippen molar-refractivity contribution in [3.8, 4) is 17.2 Å². The van der Waals surface area contributed by atoms with E-state index in [0.717, 1.165) is 10.8 Å². The largest absolute Gasteiger partial charge is 0.504 e. The van der Waals surface area contributed by atoms with Crippen molar-refractivity contribution in [1.82, 2.24) is 4.57 Å². The number of esters is 1. The van der Waals surface area contributed by atoms with Gasteiger partial charge in [-0.1, -0.05) is 47.7 Å². The molecule has 3 aromatic carbocycles. The normalized spacial score (nSPS) is 15.3. The Morgan fingerprint density at radius 2 is 1.84 bits per heavy atom. The molecule has 8 nitrogen and oxygen atoms in total. The lowest BCUT2D eigenvalue weighted by molar-refractivity contribution is -0.139. The second kappa shape index (κ2) is 10.2. The number of hydrogen-bond donors (Lipinski definition) is 1. The maximum absolute atomic E-state index is 14.0. The highest BCUT2D eigenvalue weighted by Gasteiger charge is 2.36. The van der Waals surface area contributed by atoms with Gasteiger partial charge in [-0.15, -0.1) is 0 Å². The summed E-state index contributed by atoms with van der Waals surface area (Å²) in [7, 11) is 3.03.